The Balaban J connectivity index is 2.51. The molecule has 358 valence electrons. The molecule has 0 radical (unpaired) electrons. The van der Waals surface area contributed by atoms with Gasteiger partial charge in [0.05, 0.1) is 12.7 Å². The molecule has 0 aromatic rings. The standard InChI is InChI=1S/C47H81O14P/c1-3-5-6-7-8-9-10-11-12-16-19-22-25-28-31-34-40(49)58-36-39(37-59-62(56,57)61-47-45(54)43(52)42(51)44(53)46(47)55)60-41(50)35-32-29-26-23-20-17-14-13-15-18-21-24-27-30-33-38(48)4-2/h14-15,17-18,23-24,26-27,30,33,38-39,42-48,51-55H,3-13,16,19-22,25,28-29,31-32,34-37H2,1-2H3,(H,56,57)/b17-14-,18-15-,26-23-,27-24-,33-30+/t38-,39-,42?,43-,44+,45-,46-,47?/m1/s1. The van der Waals surface area contributed by atoms with Crippen molar-refractivity contribution < 1.29 is 68.2 Å². The van der Waals surface area contributed by atoms with Crippen LogP contribution in [0.4, 0.5) is 0 Å². The highest BCUT2D eigenvalue weighted by Gasteiger charge is 2.51. The van der Waals surface area contributed by atoms with Crippen molar-refractivity contribution in [2.75, 3.05) is 13.2 Å². The number of aliphatic hydroxyl groups is 6. The van der Waals surface area contributed by atoms with E-state index in [9.17, 15) is 49.7 Å². The van der Waals surface area contributed by atoms with Gasteiger partial charge < -0.3 is 45.0 Å². The van der Waals surface area contributed by atoms with Crippen molar-refractivity contribution in [1.29, 1.82) is 0 Å². The lowest BCUT2D eigenvalue weighted by molar-refractivity contribution is -0.220. The number of rotatable bonds is 37. The van der Waals surface area contributed by atoms with Crippen molar-refractivity contribution in [1.82, 2.24) is 0 Å². The molecule has 1 aliphatic carbocycles. The summed E-state index contributed by atoms with van der Waals surface area (Å²) >= 11 is 0. The molecule has 1 fully saturated rings. The Morgan fingerprint density at radius 3 is 1.58 bits per heavy atom. The van der Waals surface area contributed by atoms with Gasteiger partial charge in [-0.15, -0.1) is 0 Å². The number of phosphoric acid groups is 1. The molecule has 62 heavy (non-hydrogen) atoms. The number of carbonyl (C=O) groups excluding carboxylic acids is 2. The number of hydrogen-bond acceptors (Lipinski definition) is 13. The maximum Gasteiger partial charge on any atom is 0.472 e. The summed E-state index contributed by atoms with van der Waals surface area (Å²) in [5.74, 6) is -1.19. The molecular formula is C47H81O14P. The molecule has 0 saturated heterocycles. The van der Waals surface area contributed by atoms with E-state index in [4.69, 9.17) is 18.5 Å². The normalized spacial score (nSPS) is 22.9. The summed E-state index contributed by atoms with van der Waals surface area (Å²) in [5, 5.41) is 59.6. The van der Waals surface area contributed by atoms with Gasteiger partial charge >= 0.3 is 19.8 Å². The number of ether oxygens (including phenoxy) is 2. The van der Waals surface area contributed by atoms with Gasteiger partial charge in [-0.3, -0.25) is 18.6 Å². The van der Waals surface area contributed by atoms with Gasteiger partial charge in [-0.1, -0.05) is 164 Å². The number of hydrogen-bond donors (Lipinski definition) is 7. The van der Waals surface area contributed by atoms with Crippen LogP contribution in [0.5, 0.6) is 0 Å². The third-order valence-electron chi connectivity index (χ3n) is 10.5. The average molecular weight is 901 g/mol. The van der Waals surface area contributed by atoms with Crippen molar-refractivity contribution in [2.24, 2.45) is 0 Å². The highest BCUT2D eigenvalue weighted by molar-refractivity contribution is 7.47. The predicted molar refractivity (Wildman–Crippen MR) is 241 cm³/mol. The molecule has 7 N–H and O–H groups in total. The molecule has 0 amide bonds. The highest BCUT2D eigenvalue weighted by Crippen LogP contribution is 2.47. The largest absolute Gasteiger partial charge is 0.472 e. The summed E-state index contributed by atoms with van der Waals surface area (Å²) in [4.78, 5) is 35.7. The SMILES string of the molecule is CCCCCCCCCCCCCCCCCC(=O)OC[C@H](COP(=O)(O)OC1[C@H](O)[C@H](O)C(O)[C@H](O)[C@H]1O)OC(=O)CCC/C=C\C/C=C\C/C=C\C/C=C\C=C\[C@H](O)CC. The maximum absolute atomic E-state index is 12.8. The van der Waals surface area contributed by atoms with E-state index < -0.39 is 81.8 Å². The molecule has 15 heteroatoms. The van der Waals surface area contributed by atoms with Crippen LogP contribution in [0, 0.1) is 0 Å². The molecule has 0 aromatic carbocycles. The molecule has 14 nitrogen and oxygen atoms in total. The van der Waals surface area contributed by atoms with Gasteiger partial charge in [0.2, 0.25) is 0 Å². The lowest BCUT2D eigenvalue weighted by Gasteiger charge is -2.41. The molecule has 1 rings (SSSR count). The first-order valence-corrected chi connectivity index (χ1v) is 24.7. The van der Waals surface area contributed by atoms with E-state index >= 15 is 0 Å². The number of esters is 2. The van der Waals surface area contributed by atoms with Crippen LogP contribution in [0.1, 0.15) is 162 Å². The molecule has 1 saturated carbocycles. The minimum atomic E-state index is -5.14. The van der Waals surface area contributed by atoms with E-state index in [1.807, 2.05) is 43.4 Å². The summed E-state index contributed by atoms with van der Waals surface area (Å²) < 4.78 is 33.4. The minimum absolute atomic E-state index is 0.00379. The van der Waals surface area contributed by atoms with Gasteiger partial charge in [0.15, 0.2) is 6.10 Å². The van der Waals surface area contributed by atoms with Crippen LogP contribution in [-0.2, 0) is 32.7 Å². The summed E-state index contributed by atoms with van der Waals surface area (Å²) in [6, 6.07) is 0. The van der Waals surface area contributed by atoms with Crippen molar-refractivity contribution in [3.05, 3.63) is 60.8 Å². The van der Waals surface area contributed by atoms with Crippen LogP contribution in [0.15, 0.2) is 60.8 Å². The summed E-state index contributed by atoms with van der Waals surface area (Å²) in [6.07, 6.45) is 28.0. The van der Waals surface area contributed by atoms with Crippen molar-refractivity contribution in [3.8, 4) is 0 Å². The van der Waals surface area contributed by atoms with E-state index in [0.717, 1.165) is 38.5 Å². The third-order valence-corrected chi connectivity index (χ3v) is 11.5. The molecule has 0 bridgehead atoms. The molecule has 0 spiro atoms. The Morgan fingerprint density at radius 1 is 0.581 bits per heavy atom. The fourth-order valence-corrected chi connectivity index (χ4v) is 7.60. The first-order chi connectivity index (χ1) is 29.8. The maximum atomic E-state index is 12.8. The second-order valence-corrected chi connectivity index (χ2v) is 17.5. The quantitative estimate of drug-likeness (QED) is 0.0103. The number of carbonyl (C=O) groups is 2. The Morgan fingerprint density at radius 2 is 1.05 bits per heavy atom. The van der Waals surface area contributed by atoms with Crippen LogP contribution in [0.3, 0.4) is 0 Å². The molecule has 0 aliphatic heterocycles. The second-order valence-electron chi connectivity index (χ2n) is 16.1. The Labute approximate surface area is 371 Å². The van der Waals surface area contributed by atoms with Gasteiger partial charge in [-0.05, 0) is 44.9 Å². The number of unbranched alkanes of at least 4 members (excludes halogenated alkanes) is 15. The monoisotopic (exact) mass is 901 g/mol. The van der Waals surface area contributed by atoms with Crippen LogP contribution >= 0.6 is 7.82 Å². The van der Waals surface area contributed by atoms with E-state index in [0.29, 0.717) is 25.7 Å². The third kappa shape index (κ3) is 29.1. The zero-order chi connectivity index (χ0) is 45.9. The second kappa shape index (κ2) is 36.8. The number of phosphoric ester groups is 1. The van der Waals surface area contributed by atoms with Gasteiger partial charge in [-0.2, -0.15) is 0 Å². The highest BCUT2D eigenvalue weighted by atomic mass is 31.2. The van der Waals surface area contributed by atoms with Crippen LogP contribution < -0.4 is 0 Å². The van der Waals surface area contributed by atoms with Crippen LogP contribution in [-0.4, -0.2) is 110 Å². The molecule has 0 heterocycles. The molecule has 0 aromatic heterocycles. The van der Waals surface area contributed by atoms with Gasteiger partial charge in [0, 0.05) is 12.8 Å². The van der Waals surface area contributed by atoms with E-state index in [1.165, 1.54) is 70.6 Å². The van der Waals surface area contributed by atoms with Crippen LogP contribution in [0.2, 0.25) is 0 Å². The minimum Gasteiger partial charge on any atom is -0.462 e. The summed E-state index contributed by atoms with van der Waals surface area (Å²) in [5.41, 5.74) is 0. The predicted octanol–water partition coefficient (Wildman–Crippen LogP) is 7.92. The first-order valence-electron chi connectivity index (χ1n) is 23.2. The van der Waals surface area contributed by atoms with E-state index in [2.05, 4.69) is 25.2 Å². The van der Waals surface area contributed by atoms with Crippen molar-refractivity contribution >= 4 is 19.8 Å². The lowest BCUT2D eigenvalue weighted by Crippen LogP contribution is -2.64. The summed E-state index contributed by atoms with van der Waals surface area (Å²) in [7, 11) is -5.14. The first kappa shape index (κ1) is 57.5. The van der Waals surface area contributed by atoms with Gasteiger partial charge in [-0.25, -0.2) is 4.57 Å². The Kier molecular flexibility index (Phi) is 34.2. The number of allylic oxidation sites excluding steroid dienone is 9. The van der Waals surface area contributed by atoms with Crippen molar-refractivity contribution in [2.45, 2.75) is 210 Å². The fraction of sp³-hybridized carbons (Fsp3) is 0.745. The van der Waals surface area contributed by atoms with Crippen molar-refractivity contribution in [3.63, 3.8) is 0 Å². The lowest BCUT2D eigenvalue weighted by atomic mass is 9.85. The smallest absolute Gasteiger partial charge is 0.462 e. The zero-order valence-electron chi connectivity index (χ0n) is 37.5. The molecule has 3 unspecified atom stereocenters. The summed E-state index contributed by atoms with van der Waals surface area (Å²) in [6.45, 7) is 2.92. The topological polar surface area (TPSA) is 230 Å². The average Bonchev–Trinajstić information content (AvgIpc) is 3.25. The fourth-order valence-electron chi connectivity index (χ4n) is 6.63. The molecular weight excluding hydrogens is 819 g/mol. The Bertz CT molecular complexity index is 1330. The Hall–Kier alpha value is -2.49. The molecule has 9 atom stereocenters. The van der Waals surface area contributed by atoms with E-state index in [-0.39, 0.29) is 12.8 Å². The van der Waals surface area contributed by atoms with Crippen LogP contribution in [0.25, 0.3) is 0 Å². The van der Waals surface area contributed by atoms with E-state index in [1.54, 1.807) is 6.08 Å². The molecule has 1 aliphatic rings. The van der Waals surface area contributed by atoms with Gasteiger partial charge in [0.25, 0.3) is 0 Å². The van der Waals surface area contributed by atoms with Gasteiger partial charge in [0.1, 0.15) is 43.2 Å². The zero-order valence-corrected chi connectivity index (χ0v) is 38.4. The number of aliphatic hydroxyl groups excluding tert-OH is 6.